The van der Waals surface area contributed by atoms with Crippen molar-refractivity contribution in [2.24, 2.45) is 0 Å². The minimum atomic E-state index is -0.494. The minimum absolute atomic E-state index is 0.114. The highest BCUT2D eigenvalue weighted by Gasteiger charge is 2.39. The van der Waals surface area contributed by atoms with Crippen LogP contribution < -0.4 is 0 Å². The molecule has 0 bridgehead atoms. The molecular weight excluding hydrogens is 458 g/mol. The van der Waals surface area contributed by atoms with Gasteiger partial charge in [-0.1, -0.05) is 19.9 Å². The number of hydrogen-bond acceptors (Lipinski definition) is 3. The molecule has 2 rings (SSSR count). The Morgan fingerprint density at radius 2 is 1.89 bits per heavy atom. The molecule has 3 atom stereocenters. The number of carbonyl (C=O) groups excluding carboxylic acids is 1. The molecule has 0 aromatic heterocycles. The van der Waals surface area contributed by atoms with Crippen LogP contribution >= 0.6 is 22.6 Å². The second-order valence-corrected chi connectivity index (χ2v) is 9.46. The molecule has 152 valence electrons. The third kappa shape index (κ3) is 5.56. The Labute approximate surface area is 176 Å². The third-order valence-corrected chi connectivity index (χ3v) is 6.15. The van der Waals surface area contributed by atoms with Crippen molar-refractivity contribution in [3.8, 4) is 0 Å². The van der Waals surface area contributed by atoms with Crippen LogP contribution in [0, 0.1) is 9.39 Å². The van der Waals surface area contributed by atoms with Crippen LogP contribution in [0.3, 0.4) is 0 Å². The lowest BCUT2D eigenvalue weighted by molar-refractivity contribution is -0.0269. The summed E-state index contributed by atoms with van der Waals surface area (Å²) < 4.78 is 20.1. The van der Waals surface area contributed by atoms with Crippen LogP contribution in [0.25, 0.3) is 0 Å². The number of hydrogen-bond donors (Lipinski definition) is 0. The molecule has 0 spiro atoms. The van der Waals surface area contributed by atoms with Crippen LogP contribution in [0.1, 0.15) is 66.0 Å². The molecule has 27 heavy (non-hydrogen) atoms. The molecule has 0 radical (unpaired) electrons. The molecule has 1 amide bonds. The van der Waals surface area contributed by atoms with Gasteiger partial charge in [-0.2, -0.15) is 0 Å². The van der Waals surface area contributed by atoms with Gasteiger partial charge in [0.25, 0.3) is 0 Å². The van der Waals surface area contributed by atoms with Crippen LogP contribution in [-0.4, -0.2) is 46.7 Å². The molecule has 0 N–H and O–H groups in total. The van der Waals surface area contributed by atoms with Crippen molar-refractivity contribution in [2.75, 3.05) is 13.1 Å². The first kappa shape index (κ1) is 22.4. The van der Waals surface area contributed by atoms with Crippen molar-refractivity contribution >= 4 is 28.7 Å². The summed E-state index contributed by atoms with van der Waals surface area (Å²) in [7, 11) is 0. The van der Waals surface area contributed by atoms with Gasteiger partial charge in [0, 0.05) is 34.8 Å². The van der Waals surface area contributed by atoms with Crippen LogP contribution in [0.4, 0.5) is 9.18 Å². The molecule has 1 aromatic carbocycles. The molecule has 1 aromatic rings. The van der Waals surface area contributed by atoms with E-state index in [0.717, 1.165) is 28.5 Å². The van der Waals surface area contributed by atoms with E-state index in [1.54, 1.807) is 6.07 Å². The summed E-state index contributed by atoms with van der Waals surface area (Å²) in [6.45, 7) is 13.6. The molecule has 0 aliphatic carbocycles. The van der Waals surface area contributed by atoms with Crippen LogP contribution in [0.5, 0.6) is 0 Å². The lowest BCUT2D eigenvalue weighted by atomic mass is 9.97. The number of nitrogens with zero attached hydrogens (tertiary/aromatic N) is 2. The monoisotopic (exact) mass is 490 g/mol. The van der Waals surface area contributed by atoms with Gasteiger partial charge in [-0.25, -0.2) is 9.18 Å². The van der Waals surface area contributed by atoms with Gasteiger partial charge in [0.15, 0.2) is 0 Å². The van der Waals surface area contributed by atoms with Crippen molar-refractivity contribution in [1.29, 1.82) is 0 Å². The predicted molar refractivity (Wildman–Crippen MR) is 115 cm³/mol. The second-order valence-electron chi connectivity index (χ2n) is 8.30. The zero-order chi connectivity index (χ0) is 20.4. The third-order valence-electron chi connectivity index (χ3n) is 5.22. The van der Waals surface area contributed by atoms with Gasteiger partial charge in [-0.3, -0.25) is 4.90 Å². The van der Waals surface area contributed by atoms with Crippen molar-refractivity contribution in [3.63, 3.8) is 0 Å². The summed E-state index contributed by atoms with van der Waals surface area (Å²) in [6, 6.07) is 5.53. The molecule has 4 nitrogen and oxygen atoms in total. The first-order valence-corrected chi connectivity index (χ1v) is 10.9. The molecule has 1 unspecified atom stereocenters. The largest absolute Gasteiger partial charge is 0.444 e. The average Bonchev–Trinajstić information content (AvgIpc) is 2.58. The maximum absolute atomic E-state index is 13.5. The number of amides is 1. The van der Waals surface area contributed by atoms with Crippen molar-refractivity contribution < 1.29 is 13.9 Å². The Morgan fingerprint density at radius 3 is 2.41 bits per heavy atom. The van der Waals surface area contributed by atoms with Crippen LogP contribution in [0.15, 0.2) is 18.2 Å². The maximum atomic E-state index is 13.5. The van der Waals surface area contributed by atoms with E-state index < -0.39 is 5.60 Å². The smallest absolute Gasteiger partial charge is 0.410 e. The fourth-order valence-corrected chi connectivity index (χ4v) is 4.65. The molecule has 0 saturated carbocycles. The van der Waals surface area contributed by atoms with Gasteiger partial charge in [0.2, 0.25) is 0 Å². The summed E-state index contributed by atoms with van der Waals surface area (Å²) in [6.07, 6.45) is 1.59. The van der Waals surface area contributed by atoms with E-state index in [2.05, 4.69) is 48.3 Å². The number of piperazine rings is 1. The standard InChI is InChI=1S/C21H32FIN2O2/c1-7-16-13-25(20(26)27-21(4,5)6)17(8-2)12-24(16)14(3)18-10-9-15(22)11-19(18)23/h9-11,14,16-17H,7-8,12-13H2,1-6H3/t14?,16-,17+/m1/s1. The number of carbonyl (C=O) groups is 1. The van der Waals surface area contributed by atoms with Gasteiger partial charge in [-0.05, 0) is 80.8 Å². The van der Waals surface area contributed by atoms with Gasteiger partial charge in [-0.15, -0.1) is 0 Å². The topological polar surface area (TPSA) is 32.8 Å². The fourth-order valence-electron chi connectivity index (χ4n) is 3.72. The molecular formula is C21H32FIN2O2. The Kier molecular flexibility index (Phi) is 7.53. The lowest BCUT2D eigenvalue weighted by Gasteiger charge is -2.48. The zero-order valence-corrected chi connectivity index (χ0v) is 19.4. The van der Waals surface area contributed by atoms with E-state index >= 15 is 0 Å². The van der Waals surface area contributed by atoms with E-state index in [9.17, 15) is 9.18 Å². The maximum Gasteiger partial charge on any atom is 0.410 e. The highest BCUT2D eigenvalue weighted by atomic mass is 127. The number of rotatable bonds is 4. The molecule has 1 saturated heterocycles. The molecule has 1 fully saturated rings. The number of halogens is 2. The normalized spacial score (nSPS) is 22.6. The van der Waals surface area contributed by atoms with Crippen molar-refractivity contribution in [1.82, 2.24) is 9.80 Å². The molecule has 1 heterocycles. The van der Waals surface area contributed by atoms with Gasteiger partial charge in [0.05, 0.1) is 0 Å². The van der Waals surface area contributed by atoms with E-state index in [0.29, 0.717) is 6.54 Å². The first-order valence-electron chi connectivity index (χ1n) is 9.77. The zero-order valence-electron chi connectivity index (χ0n) is 17.3. The van der Waals surface area contributed by atoms with Gasteiger partial charge < -0.3 is 9.64 Å². The van der Waals surface area contributed by atoms with E-state index in [1.807, 2.05) is 31.7 Å². The first-order chi connectivity index (χ1) is 12.6. The second kappa shape index (κ2) is 9.07. The Morgan fingerprint density at radius 1 is 1.26 bits per heavy atom. The molecule has 6 heteroatoms. The number of ether oxygens (including phenoxy) is 1. The summed E-state index contributed by atoms with van der Waals surface area (Å²) in [5.41, 5.74) is 0.641. The predicted octanol–water partition coefficient (Wildman–Crippen LogP) is 5.60. The summed E-state index contributed by atoms with van der Waals surface area (Å²) >= 11 is 2.21. The fraction of sp³-hybridized carbons (Fsp3) is 0.667. The number of benzene rings is 1. The van der Waals surface area contributed by atoms with Crippen LogP contribution in [0.2, 0.25) is 0 Å². The molecule has 1 aliphatic rings. The Bertz CT molecular complexity index is 662. The summed E-state index contributed by atoms with van der Waals surface area (Å²) in [5.74, 6) is -0.205. The minimum Gasteiger partial charge on any atom is -0.444 e. The highest BCUT2D eigenvalue weighted by molar-refractivity contribution is 14.1. The average molecular weight is 490 g/mol. The Balaban J connectivity index is 2.23. The van der Waals surface area contributed by atoms with E-state index in [1.165, 1.54) is 6.07 Å². The molecule has 1 aliphatic heterocycles. The summed E-state index contributed by atoms with van der Waals surface area (Å²) in [4.78, 5) is 17.1. The quantitative estimate of drug-likeness (QED) is 0.515. The summed E-state index contributed by atoms with van der Waals surface area (Å²) in [5, 5.41) is 0. The van der Waals surface area contributed by atoms with E-state index in [-0.39, 0.29) is 30.0 Å². The van der Waals surface area contributed by atoms with Crippen molar-refractivity contribution in [2.45, 2.75) is 78.1 Å². The van der Waals surface area contributed by atoms with E-state index in [4.69, 9.17) is 4.74 Å². The van der Waals surface area contributed by atoms with Gasteiger partial charge in [0.1, 0.15) is 11.4 Å². The van der Waals surface area contributed by atoms with Crippen LogP contribution in [-0.2, 0) is 4.74 Å². The van der Waals surface area contributed by atoms with Crippen molar-refractivity contribution in [3.05, 3.63) is 33.1 Å². The highest BCUT2D eigenvalue weighted by Crippen LogP contribution is 2.32. The SMILES string of the molecule is CC[C@H]1CN(C(C)c2ccc(F)cc2I)[C@H](CC)CN1C(=O)OC(C)(C)C. The lowest BCUT2D eigenvalue weighted by Crippen LogP contribution is -2.60. The van der Waals surface area contributed by atoms with Gasteiger partial charge >= 0.3 is 6.09 Å². The Hall–Kier alpha value is -0.890.